The zero-order valence-corrected chi connectivity index (χ0v) is 12.5. The van der Waals surface area contributed by atoms with Crippen LogP contribution in [-0.2, 0) is 4.74 Å². The Morgan fingerprint density at radius 3 is 2.74 bits per heavy atom. The highest BCUT2D eigenvalue weighted by Gasteiger charge is 2.25. The van der Waals surface area contributed by atoms with Crippen molar-refractivity contribution in [2.75, 3.05) is 30.4 Å². The van der Waals surface area contributed by atoms with Crippen LogP contribution in [0.2, 0.25) is 0 Å². The molecule has 0 aliphatic carbocycles. The minimum atomic E-state index is 0.242. The molecule has 1 aliphatic heterocycles. The molecular weight excluding hydrogens is 240 g/mol. The molecule has 2 heterocycles. The minimum absolute atomic E-state index is 0.242. The SMILES string of the molecule is CNc1cc(N2CC(C)OCC2C)nc(C(C)C)n1. The summed E-state index contributed by atoms with van der Waals surface area (Å²) in [6.07, 6.45) is 0.242. The van der Waals surface area contributed by atoms with Crippen molar-refractivity contribution < 1.29 is 4.74 Å². The van der Waals surface area contributed by atoms with E-state index in [2.05, 4.69) is 42.9 Å². The van der Waals surface area contributed by atoms with Gasteiger partial charge in [-0.15, -0.1) is 0 Å². The first-order valence-electron chi connectivity index (χ1n) is 6.96. The van der Waals surface area contributed by atoms with E-state index in [1.807, 2.05) is 13.1 Å². The lowest BCUT2D eigenvalue weighted by Crippen LogP contribution is -2.47. The maximum Gasteiger partial charge on any atom is 0.135 e. The van der Waals surface area contributed by atoms with Crippen LogP contribution in [0.25, 0.3) is 0 Å². The molecule has 0 aromatic carbocycles. The van der Waals surface area contributed by atoms with E-state index in [1.165, 1.54) is 0 Å². The van der Waals surface area contributed by atoms with Crippen LogP contribution < -0.4 is 10.2 Å². The summed E-state index contributed by atoms with van der Waals surface area (Å²) in [5.41, 5.74) is 0. The molecule has 19 heavy (non-hydrogen) atoms. The van der Waals surface area contributed by atoms with Crippen molar-refractivity contribution in [2.45, 2.75) is 45.8 Å². The van der Waals surface area contributed by atoms with Gasteiger partial charge >= 0.3 is 0 Å². The van der Waals surface area contributed by atoms with Crippen molar-refractivity contribution in [1.82, 2.24) is 9.97 Å². The standard InChI is InChI=1S/C14H24N4O/c1-9(2)14-16-12(15-5)6-13(17-14)18-7-11(4)19-8-10(18)3/h6,9-11H,7-8H2,1-5H3,(H,15,16,17). The number of rotatable bonds is 3. The van der Waals surface area contributed by atoms with Crippen LogP contribution in [0.15, 0.2) is 6.07 Å². The van der Waals surface area contributed by atoms with Gasteiger partial charge in [0.1, 0.15) is 17.5 Å². The van der Waals surface area contributed by atoms with E-state index in [1.54, 1.807) is 0 Å². The molecule has 2 unspecified atom stereocenters. The van der Waals surface area contributed by atoms with Crippen molar-refractivity contribution in [2.24, 2.45) is 0 Å². The van der Waals surface area contributed by atoms with E-state index in [-0.39, 0.29) is 6.10 Å². The normalized spacial score (nSPS) is 23.8. The Balaban J connectivity index is 2.34. The Morgan fingerprint density at radius 1 is 1.37 bits per heavy atom. The maximum atomic E-state index is 5.68. The van der Waals surface area contributed by atoms with Gasteiger partial charge in [-0.05, 0) is 13.8 Å². The number of nitrogens with zero attached hydrogens (tertiary/aromatic N) is 3. The summed E-state index contributed by atoms with van der Waals surface area (Å²) in [6.45, 7) is 10.1. The maximum absolute atomic E-state index is 5.68. The molecule has 0 amide bonds. The summed E-state index contributed by atoms with van der Waals surface area (Å²) in [5.74, 6) is 3.07. The van der Waals surface area contributed by atoms with Gasteiger partial charge in [0.15, 0.2) is 0 Å². The van der Waals surface area contributed by atoms with E-state index in [4.69, 9.17) is 9.72 Å². The summed E-state index contributed by atoms with van der Waals surface area (Å²) in [6, 6.07) is 2.36. The Kier molecular flexibility index (Phi) is 4.24. The van der Waals surface area contributed by atoms with Crippen LogP contribution in [0.3, 0.4) is 0 Å². The highest BCUT2D eigenvalue weighted by atomic mass is 16.5. The van der Waals surface area contributed by atoms with E-state index in [0.29, 0.717) is 12.0 Å². The minimum Gasteiger partial charge on any atom is -0.375 e. The lowest BCUT2D eigenvalue weighted by Gasteiger charge is -2.37. The fraction of sp³-hybridized carbons (Fsp3) is 0.714. The molecule has 5 heteroatoms. The Hall–Kier alpha value is -1.36. The lowest BCUT2D eigenvalue weighted by molar-refractivity contribution is 0.0340. The molecule has 0 saturated carbocycles. The highest BCUT2D eigenvalue weighted by Crippen LogP contribution is 2.24. The van der Waals surface area contributed by atoms with Gasteiger partial charge in [0.25, 0.3) is 0 Å². The van der Waals surface area contributed by atoms with Crippen molar-refractivity contribution in [1.29, 1.82) is 0 Å². The fourth-order valence-corrected chi connectivity index (χ4v) is 2.21. The summed E-state index contributed by atoms with van der Waals surface area (Å²) >= 11 is 0. The van der Waals surface area contributed by atoms with Gasteiger partial charge in [0, 0.05) is 25.6 Å². The van der Waals surface area contributed by atoms with E-state index < -0.39 is 0 Å². The molecule has 106 valence electrons. The first-order valence-corrected chi connectivity index (χ1v) is 6.96. The third kappa shape index (κ3) is 3.15. The first kappa shape index (κ1) is 14.1. The number of ether oxygens (including phenoxy) is 1. The van der Waals surface area contributed by atoms with Crippen LogP contribution in [0.4, 0.5) is 11.6 Å². The van der Waals surface area contributed by atoms with Gasteiger partial charge in [0.05, 0.1) is 18.8 Å². The molecule has 2 atom stereocenters. The zero-order valence-electron chi connectivity index (χ0n) is 12.5. The third-order valence-corrected chi connectivity index (χ3v) is 3.40. The van der Waals surface area contributed by atoms with Crippen LogP contribution >= 0.6 is 0 Å². The van der Waals surface area contributed by atoms with Gasteiger partial charge < -0.3 is 15.0 Å². The highest BCUT2D eigenvalue weighted by molar-refractivity contribution is 5.50. The van der Waals surface area contributed by atoms with Crippen LogP contribution in [-0.4, -0.2) is 42.3 Å². The molecular formula is C14H24N4O. The number of hydrogen-bond donors (Lipinski definition) is 1. The van der Waals surface area contributed by atoms with Crippen LogP contribution in [0, 0.1) is 0 Å². The van der Waals surface area contributed by atoms with Gasteiger partial charge in [-0.3, -0.25) is 0 Å². The molecule has 1 saturated heterocycles. The van der Waals surface area contributed by atoms with Crippen molar-refractivity contribution in [3.05, 3.63) is 11.9 Å². The molecule has 0 bridgehead atoms. The molecule has 1 fully saturated rings. The lowest BCUT2D eigenvalue weighted by atomic mass is 10.2. The quantitative estimate of drug-likeness (QED) is 0.907. The van der Waals surface area contributed by atoms with E-state index in [9.17, 15) is 0 Å². The Bertz CT molecular complexity index is 435. The van der Waals surface area contributed by atoms with Gasteiger partial charge in [-0.25, -0.2) is 9.97 Å². The van der Waals surface area contributed by atoms with Crippen molar-refractivity contribution in [3.8, 4) is 0 Å². The molecule has 1 aromatic heterocycles. The number of nitrogens with one attached hydrogen (secondary N) is 1. The third-order valence-electron chi connectivity index (χ3n) is 3.40. The topological polar surface area (TPSA) is 50.3 Å². The van der Waals surface area contributed by atoms with Gasteiger partial charge in [0.2, 0.25) is 0 Å². The summed E-state index contributed by atoms with van der Waals surface area (Å²) in [5, 5.41) is 3.12. The first-order chi connectivity index (χ1) is 9.01. The van der Waals surface area contributed by atoms with Crippen molar-refractivity contribution in [3.63, 3.8) is 0 Å². The van der Waals surface area contributed by atoms with Gasteiger partial charge in [-0.1, -0.05) is 13.8 Å². The second kappa shape index (κ2) is 5.74. The predicted molar refractivity (Wildman–Crippen MR) is 77.9 cm³/mol. The second-order valence-electron chi connectivity index (χ2n) is 5.52. The molecule has 1 N–H and O–H groups in total. The monoisotopic (exact) mass is 264 g/mol. The smallest absolute Gasteiger partial charge is 0.135 e. The van der Waals surface area contributed by atoms with E-state index >= 15 is 0 Å². The largest absolute Gasteiger partial charge is 0.375 e. The molecule has 2 rings (SSSR count). The molecule has 1 aliphatic rings. The molecule has 1 aromatic rings. The fourth-order valence-electron chi connectivity index (χ4n) is 2.21. The number of aromatic nitrogens is 2. The van der Waals surface area contributed by atoms with Crippen LogP contribution in [0.1, 0.15) is 39.4 Å². The van der Waals surface area contributed by atoms with Crippen molar-refractivity contribution >= 4 is 11.6 Å². The average Bonchev–Trinajstić information content (AvgIpc) is 2.40. The van der Waals surface area contributed by atoms with E-state index in [0.717, 1.165) is 30.6 Å². The average molecular weight is 264 g/mol. The number of morpholine rings is 1. The summed E-state index contributed by atoms with van der Waals surface area (Å²) in [7, 11) is 1.89. The molecule has 0 radical (unpaired) electrons. The zero-order chi connectivity index (χ0) is 14.0. The summed E-state index contributed by atoms with van der Waals surface area (Å²) in [4.78, 5) is 11.5. The molecule has 5 nitrogen and oxygen atoms in total. The Morgan fingerprint density at radius 2 is 2.11 bits per heavy atom. The number of hydrogen-bond acceptors (Lipinski definition) is 5. The summed E-state index contributed by atoms with van der Waals surface area (Å²) < 4.78 is 5.68. The Labute approximate surface area is 115 Å². The second-order valence-corrected chi connectivity index (χ2v) is 5.52. The predicted octanol–water partition coefficient (Wildman–Crippen LogP) is 2.26. The van der Waals surface area contributed by atoms with Crippen LogP contribution in [0.5, 0.6) is 0 Å². The van der Waals surface area contributed by atoms with Gasteiger partial charge in [-0.2, -0.15) is 0 Å². The molecule has 0 spiro atoms. The number of anilines is 2.